The number of ether oxygens (including phenoxy) is 3. The molecule has 3 saturated carbocycles. The van der Waals surface area contributed by atoms with Crippen LogP contribution in [0.4, 0.5) is 13.6 Å². The van der Waals surface area contributed by atoms with Gasteiger partial charge in [0, 0.05) is 33.8 Å². The number of hydrogen-bond donors (Lipinski definition) is 3. The summed E-state index contributed by atoms with van der Waals surface area (Å²) >= 11 is 0. The van der Waals surface area contributed by atoms with E-state index in [-0.39, 0.29) is 37.8 Å². The second-order valence-corrected chi connectivity index (χ2v) is 17.6. The Hall–Kier alpha value is -2.00. The summed E-state index contributed by atoms with van der Waals surface area (Å²) in [6.07, 6.45) is -0.971. The molecule has 3 N–H and O–H groups in total. The van der Waals surface area contributed by atoms with Gasteiger partial charge in [0.15, 0.2) is 29.9 Å². The number of hydrogen-bond acceptors (Lipinski definition) is 10. The van der Waals surface area contributed by atoms with Crippen LogP contribution in [0.1, 0.15) is 73.1 Å². The first-order chi connectivity index (χ1) is 21.9. The minimum absolute atomic E-state index is 0.0103. The highest BCUT2D eigenvalue weighted by molar-refractivity contribution is 8.77. The van der Waals surface area contributed by atoms with Gasteiger partial charge in [-0.3, -0.25) is 14.4 Å². The summed E-state index contributed by atoms with van der Waals surface area (Å²) < 4.78 is 51.0. The molecule has 0 aromatic heterocycles. The van der Waals surface area contributed by atoms with Gasteiger partial charge in [0.05, 0.1) is 18.6 Å². The van der Waals surface area contributed by atoms with Crippen molar-refractivity contribution in [3.8, 4) is 0 Å². The van der Waals surface area contributed by atoms with Crippen molar-refractivity contribution in [3.63, 3.8) is 0 Å². The first-order valence-corrected chi connectivity index (χ1v) is 18.5. The zero-order valence-electron chi connectivity index (χ0n) is 27.4. The number of amides is 1. The quantitative estimate of drug-likeness (QED) is 0.184. The van der Waals surface area contributed by atoms with Gasteiger partial charge in [0.25, 0.3) is 0 Å². The Kier molecular flexibility index (Phi) is 10.1. The lowest BCUT2D eigenvalue weighted by atomic mass is 9.44. The summed E-state index contributed by atoms with van der Waals surface area (Å²) in [7, 11) is 2.81. The number of alkyl halides is 2. The van der Waals surface area contributed by atoms with Crippen molar-refractivity contribution in [1.29, 1.82) is 0 Å². The number of nitrogens with one attached hydrogen (secondary N) is 1. The van der Waals surface area contributed by atoms with Crippen molar-refractivity contribution in [2.45, 2.75) is 114 Å². The Balaban J connectivity index is 1.32. The van der Waals surface area contributed by atoms with Gasteiger partial charge < -0.3 is 29.7 Å². The number of ketones is 2. The van der Waals surface area contributed by atoms with E-state index >= 15 is 8.78 Å². The summed E-state index contributed by atoms with van der Waals surface area (Å²) in [5, 5.41) is 23.3. The van der Waals surface area contributed by atoms with E-state index in [1.165, 1.54) is 40.7 Å². The third kappa shape index (κ3) is 5.97. The van der Waals surface area contributed by atoms with Crippen LogP contribution in [0.5, 0.6) is 0 Å². The maximum absolute atomic E-state index is 17.6. The zero-order valence-corrected chi connectivity index (χ0v) is 29.0. The van der Waals surface area contributed by atoms with Crippen molar-refractivity contribution in [2.75, 3.05) is 18.9 Å². The number of aliphatic hydroxyl groups excluding tert-OH is 1. The van der Waals surface area contributed by atoms with Crippen LogP contribution in [-0.2, 0) is 28.6 Å². The molecule has 5 rings (SSSR count). The summed E-state index contributed by atoms with van der Waals surface area (Å²) in [5.74, 6) is -3.06. The predicted octanol–water partition coefficient (Wildman–Crippen LogP) is 5.13. The van der Waals surface area contributed by atoms with Crippen LogP contribution in [-0.4, -0.2) is 93.4 Å². The van der Waals surface area contributed by atoms with Crippen LogP contribution >= 0.6 is 21.6 Å². The van der Waals surface area contributed by atoms with E-state index in [0.717, 1.165) is 6.08 Å². The van der Waals surface area contributed by atoms with E-state index in [2.05, 4.69) is 5.32 Å². The number of fused-ring (bicyclic) bond motifs is 7. The molecular formula is C33H45F2NO9S2. The maximum Gasteiger partial charge on any atom is 0.407 e. The molecule has 47 heavy (non-hydrogen) atoms. The van der Waals surface area contributed by atoms with Gasteiger partial charge in [0.1, 0.15) is 6.17 Å². The van der Waals surface area contributed by atoms with Crippen molar-refractivity contribution in [2.24, 2.45) is 22.7 Å². The van der Waals surface area contributed by atoms with Crippen molar-refractivity contribution in [1.82, 2.24) is 5.32 Å². The largest absolute Gasteiger partial charge is 0.481 e. The monoisotopic (exact) mass is 701 g/mol. The average molecular weight is 702 g/mol. The van der Waals surface area contributed by atoms with E-state index in [4.69, 9.17) is 19.3 Å². The topological polar surface area (TPSA) is 148 Å². The van der Waals surface area contributed by atoms with Crippen molar-refractivity contribution in [3.05, 3.63) is 23.8 Å². The van der Waals surface area contributed by atoms with Crippen LogP contribution in [0, 0.1) is 22.7 Å². The number of halogens is 2. The lowest BCUT2D eigenvalue weighted by Gasteiger charge is -2.63. The Bertz CT molecular complexity index is 1360. The smallest absolute Gasteiger partial charge is 0.407 e. The predicted molar refractivity (Wildman–Crippen MR) is 172 cm³/mol. The van der Waals surface area contributed by atoms with Gasteiger partial charge in [-0.1, -0.05) is 47.9 Å². The number of aliphatic carboxylic acids is 1. The van der Waals surface area contributed by atoms with Gasteiger partial charge in [0.2, 0.25) is 5.78 Å². The standard InChI is InChI=1S/C33H45F2NO9S2/c1-6-7-27-44-25-14-19-20-13-22(34)21-12-18(37)8-9-30(21,4)32(20,35)23(38)15-31(19,5)33(25,45-27)24(39)17-43-28(42)36-10-11-46-47-29(2,3)16-26(40)41/h8-9,12,19-20,22-23,25,27,38H,6-7,10-11,13-17H2,1-5H3,(H,36,42)(H,40,41)/t19?,20-,22-,23-,25+,27?,30-,31-,32-,33+/m0/s1. The highest BCUT2D eigenvalue weighted by Crippen LogP contribution is 2.72. The molecule has 1 saturated heterocycles. The fourth-order valence-corrected chi connectivity index (χ4v) is 11.4. The number of carbonyl (C=O) groups is 4. The minimum Gasteiger partial charge on any atom is -0.481 e. The number of carbonyl (C=O) groups excluding carboxylic acids is 3. The van der Waals surface area contributed by atoms with Crippen LogP contribution in [0.25, 0.3) is 0 Å². The number of carboxylic acids is 1. The molecule has 4 fully saturated rings. The Morgan fingerprint density at radius 1 is 1.21 bits per heavy atom. The van der Waals surface area contributed by atoms with Gasteiger partial charge in [-0.2, -0.15) is 0 Å². The van der Waals surface area contributed by atoms with Crippen LogP contribution in [0.2, 0.25) is 0 Å². The normalized spacial score (nSPS) is 40.5. The molecule has 262 valence electrons. The first kappa shape index (κ1) is 36.3. The highest BCUT2D eigenvalue weighted by Gasteiger charge is 2.80. The molecule has 0 radical (unpaired) electrons. The van der Waals surface area contributed by atoms with E-state index < -0.39 is 93.6 Å². The van der Waals surface area contributed by atoms with E-state index in [1.54, 1.807) is 6.92 Å². The van der Waals surface area contributed by atoms with E-state index in [1.807, 2.05) is 20.8 Å². The molecule has 10 atom stereocenters. The second-order valence-electron chi connectivity index (χ2n) is 14.5. The van der Waals surface area contributed by atoms with Gasteiger partial charge >= 0.3 is 12.1 Å². The van der Waals surface area contributed by atoms with Crippen molar-refractivity contribution < 1.29 is 52.4 Å². The average Bonchev–Trinajstić information content (AvgIpc) is 3.46. The van der Waals surface area contributed by atoms with E-state index in [9.17, 15) is 24.3 Å². The maximum atomic E-state index is 17.6. The Labute approximate surface area is 281 Å². The Morgan fingerprint density at radius 2 is 1.94 bits per heavy atom. The molecule has 1 aliphatic heterocycles. The summed E-state index contributed by atoms with van der Waals surface area (Å²) in [4.78, 5) is 49.9. The number of aliphatic hydroxyl groups is 1. The molecule has 4 aliphatic carbocycles. The molecular weight excluding hydrogens is 656 g/mol. The lowest BCUT2D eigenvalue weighted by molar-refractivity contribution is -0.234. The summed E-state index contributed by atoms with van der Waals surface area (Å²) in [5.41, 5.74) is -6.70. The van der Waals surface area contributed by atoms with Crippen molar-refractivity contribution >= 4 is 45.2 Å². The minimum atomic E-state index is -2.32. The molecule has 0 bridgehead atoms. The molecule has 1 heterocycles. The van der Waals surface area contributed by atoms with Gasteiger partial charge in [-0.15, -0.1) is 0 Å². The molecule has 5 aliphatic rings. The second kappa shape index (κ2) is 13.0. The number of Topliss-reactive ketones (excluding diaryl/α,β-unsaturated/α-hetero) is 1. The van der Waals surface area contributed by atoms with Crippen LogP contribution < -0.4 is 5.32 Å². The SMILES string of the molecule is CCCC1O[C@@H]2CC3[C@@H]4C[C@H](F)C5=CC(=O)C=C[C@]5(C)[C@@]4(F)[C@@H](O)C[C@]3(C)[C@]2(C(=O)COC(=O)NCCSSC(C)(C)CC(=O)O)O1. The molecule has 10 nitrogen and oxygen atoms in total. The number of rotatable bonds is 12. The highest BCUT2D eigenvalue weighted by atomic mass is 33.1. The molecule has 14 heteroatoms. The third-order valence-corrected chi connectivity index (χ3v) is 14.3. The van der Waals surface area contributed by atoms with Gasteiger partial charge in [-0.05, 0) is 70.1 Å². The number of carboxylic acid groups (broad SMARTS) is 1. The number of alkyl carbamates (subject to hydrolysis) is 1. The number of allylic oxidation sites excluding steroid dienone is 4. The first-order valence-electron chi connectivity index (χ1n) is 16.2. The third-order valence-electron chi connectivity index (χ3n) is 11.0. The van der Waals surface area contributed by atoms with E-state index in [0.29, 0.717) is 18.6 Å². The fraction of sp³-hybridized carbons (Fsp3) is 0.758. The van der Waals surface area contributed by atoms with Crippen LogP contribution in [0.15, 0.2) is 23.8 Å². The van der Waals surface area contributed by atoms with Crippen LogP contribution in [0.3, 0.4) is 0 Å². The molecule has 0 aromatic rings. The van der Waals surface area contributed by atoms with Gasteiger partial charge in [-0.25, -0.2) is 13.6 Å². The zero-order chi connectivity index (χ0) is 34.6. The molecule has 1 amide bonds. The molecule has 0 aromatic carbocycles. The Morgan fingerprint density at radius 3 is 2.62 bits per heavy atom. The molecule has 0 spiro atoms. The summed E-state index contributed by atoms with van der Waals surface area (Å²) in [6.45, 7) is 8.43. The molecule has 2 unspecified atom stereocenters. The fourth-order valence-electron chi connectivity index (χ4n) is 8.96. The lowest BCUT2D eigenvalue weighted by Crippen LogP contribution is -2.71. The summed E-state index contributed by atoms with van der Waals surface area (Å²) in [6, 6.07) is 0.